The summed E-state index contributed by atoms with van der Waals surface area (Å²) >= 11 is 1.53. The highest BCUT2D eigenvalue weighted by Gasteiger charge is 2.37. The van der Waals surface area contributed by atoms with E-state index in [1.54, 1.807) is 31.3 Å². The second-order valence-electron chi connectivity index (χ2n) is 7.54. The highest BCUT2D eigenvalue weighted by Crippen LogP contribution is 2.30. The highest BCUT2D eigenvalue weighted by atomic mass is 32.1. The summed E-state index contributed by atoms with van der Waals surface area (Å²) in [4.78, 5) is 54.1. The lowest BCUT2D eigenvalue weighted by molar-refractivity contribution is -0.133. The quantitative estimate of drug-likeness (QED) is 0.362. The molecule has 0 atom stereocenters. The molecule has 0 saturated heterocycles. The van der Waals surface area contributed by atoms with E-state index in [-0.39, 0.29) is 22.6 Å². The molecule has 174 valence electrons. The van der Waals surface area contributed by atoms with Gasteiger partial charge in [-0.1, -0.05) is 6.07 Å². The minimum atomic E-state index is -0.750. The SMILES string of the molecule is CCOc1ccc(N2C(=O)c3ccc(C(=O)OCC(=O)N(C)Cc4cccs4)cc3C2=O)cc1. The number of fused-ring (bicyclic) bond motifs is 1. The molecule has 0 N–H and O–H groups in total. The second-order valence-corrected chi connectivity index (χ2v) is 8.57. The molecule has 0 saturated carbocycles. The van der Waals surface area contributed by atoms with E-state index in [4.69, 9.17) is 9.47 Å². The first kappa shape index (κ1) is 23.2. The lowest BCUT2D eigenvalue weighted by atomic mass is 10.1. The maximum absolute atomic E-state index is 13.0. The number of imide groups is 1. The maximum atomic E-state index is 13.0. The Morgan fingerprint density at radius 1 is 1.00 bits per heavy atom. The molecule has 3 aromatic rings. The lowest BCUT2D eigenvalue weighted by Gasteiger charge is -2.16. The summed E-state index contributed by atoms with van der Waals surface area (Å²) in [5, 5.41) is 1.92. The van der Waals surface area contributed by atoms with Crippen molar-refractivity contribution >= 4 is 40.7 Å². The molecule has 34 heavy (non-hydrogen) atoms. The normalized spacial score (nSPS) is 12.5. The average molecular weight is 479 g/mol. The number of carbonyl (C=O) groups excluding carboxylic acids is 4. The van der Waals surface area contributed by atoms with Gasteiger partial charge in [-0.2, -0.15) is 0 Å². The standard InChI is InChI=1S/C25H22N2O6S/c1-3-32-18-9-7-17(8-10-18)27-23(29)20-11-6-16(13-21(20)24(27)30)25(31)33-15-22(28)26(2)14-19-5-4-12-34-19/h4-13H,3,14-15H2,1-2H3. The zero-order chi connectivity index (χ0) is 24.2. The van der Waals surface area contributed by atoms with E-state index in [9.17, 15) is 19.2 Å². The molecule has 0 spiro atoms. The third-order valence-corrected chi connectivity index (χ3v) is 6.11. The number of nitrogens with zero attached hydrogens (tertiary/aromatic N) is 2. The predicted octanol–water partition coefficient (Wildman–Crippen LogP) is 3.76. The van der Waals surface area contributed by atoms with Crippen LogP contribution >= 0.6 is 11.3 Å². The van der Waals surface area contributed by atoms with Crippen molar-refractivity contribution in [1.82, 2.24) is 4.90 Å². The third-order valence-electron chi connectivity index (χ3n) is 5.25. The van der Waals surface area contributed by atoms with Gasteiger partial charge in [-0.15, -0.1) is 11.3 Å². The van der Waals surface area contributed by atoms with Crippen molar-refractivity contribution in [2.24, 2.45) is 0 Å². The number of ether oxygens (including phenoxy) is 2. The van der Waals surface area contributed by atoms with Crippen LogP contribution in [0.25, 0.3) is 0 Å². The van der Waals surface area contributed by atoms with Crippen LogP contribution in [-0.4, -0.2) is 48.9 Å². The number of hydrogen-bond acceptors (Lipinski definition) is 7. The predicted molar refractivity (Wildman–Crippen MR) is 126 cm³/mol. The van der Waals surface area contributed by atoms with Crippen LogP contribution in [0, 0.1) is 0 Å². The number of thiophene rings is 1. The average Bonchev–Trinajstić information content (AvgIpc) is 3.44. The number of likely N-dealkylation sites (N-methyl/N-ethyl adjacent to an activating group) is 1. The van der Waals surface area contributed by atoms with E-state index in [2.05, 4.69) is 0 Å². The van der Waals surface area contributed by atoms with Gasteiger partial charge in [0.05, 0.1) is 35.5 Å². The van der Waals surface area contributed by atoms with Gasteiger partial charge >= 0.3 is 5.97 Å². The van der Waals surface area contributed by atoms with E-state index in [1.807, 2.05) is 24.4 Å². The molecule has 1 aliphatic rings. The highest BCUT2D eigenvalue weighted by molar-refractivity contribution is 7.09. The molecule has 9 heteroatoms. The van der Waals surface area contributed by atoms with Crippen molar-refractivity contribution in [3.05, 3.63) is 81.5 Å². The Hall–Kier alpha value is -3.98. The van der Waals surface area contributed by atoms with E-state index < -0.39 is 24.4 Å². The van der Waals surface area contributed by atoms with E-state index in [0.717, 1.165) is 9.78 Å². The first-order chi connectivity index (χ1) is 16.4. The molecule has 2 aromatic carbocycles. The summed E-state index contributed by atoms with van der Waals surface area (Å²) < 4.78 is 10.5. The Morgan fingerprint density at radius 3 is 2.41 bits per heavy atom. The number of rotatable bonds is 8. The largest absolute Gasteiger partial charge is 0.494 e. The van der Waals surface area contributed by atoms with Gasteiger partial charge in [-0.05, 0) is 60.8 Å². The van der Waals surface area contributed by atoms with Crippen LogP contribution in [0.3, 0.4) is 0 Å². The summed E-state index contributed by atoms with van der Waals surface area (Å²) in [7, 11) is 1.63. The van der Waals surface area contributed by atoms with Gasteiger partial charge < -0.3 is 14.4 Å². The number of anilines is 1. The zero-order valence-electron chi connectivity index (χ0n) is 18.6. The number of carbonyl (C=O) groups is 4. The zero-order valence-corrected chi connectivity index (χ0v) is 19.5. The minimum absolute atomic E-state index is 0.0853. The molecule has 0 aliphatic carbocycles. The van der Waals surface area contributed by atoms with Crippen molar-refractivity contribution in [3.8, 4) is 5.75 Å². The van der Waals surface area contributed by atoms with Gasteiger partial charge in [0.2, 0.25) is 0 Å². The maximum Gasteiger partial charge on any atom is 0.338 e. The fourth-order valence-corrected chi connectivity index (χ4v) is 4.26. The van der Waals surface area contributed by atoms with Gasteiger partial charge in [-0.25, -0.2) is 9.69 Å². The van der Waals surface area contributed by atoms with Gasteiger partial charge in [0.25, 0.3) is 17.7 Å². The first-order valence-corrected chi connectivity index (χ1v) is 11.5. The Bertz CT molecular complexity index is 1240. The monoisotopic (exact) mass is 478 g/mol. The molecule has 4 rings (SSSR count). The summed E-state index contributed by atoms with van der Waals surface area (Å²) in [5.74, 6) is -1.49. The molecule has 0 radical (unpaired) electrons. The van der Waals surface area contributed by atoms with E-state index >= 15 is 0 Å². The van der Waals surface area contributed by atoms with Crippen LogP contribution in [0.5, 0.6) is 5.75 Å². The van der Waals surface area contributed by atoms with Gasteiger partial charge in [-0.3, -0.25) is 14.4 Å². The third kappa shape index (κ3) is 4.69. The van der Waals surface area contributed by atoms with Gasteiger partial charge in [0, 0.05) is 11.9 Å². The Labute approximate surface area is 200 Å². The van der Waals surface area contributed by atoms with Crippen molar-refractivity contribution in [1.29, 1.82) is 0 Å². The van der Waals surface area contributed by atoms with E-state index in [1.165, 1.54) is 34.4 Å². The number of amides is 3. The number of benzene rings is 2. The molecule has 1 aliphatic heterocycles. The minimum Gasteiger partial charge on any atom is -0.494 e. The van der Waals surface area contributed by atoms with Crippen molar-refractivity contribution in [3.63, 3.8) is 0 Å². The first-order valence-electron chi connectivity index (χ1n) is 10.6. The Balaban J connectivity index is 1.43. The summed E-state index contributed by atoms with van der Waals surface area (Å²) in [5.41, 5.74) is 0.789. The molecule has 3 amide bonds. The van der Waals surface area contributed by atoms with Crippen LogP contribution in [0.1, 0.15) is 42.9 Å². The Morgan fingerprint density at radius 2 is 1.74 bits per heavy atom. The summed E-state index contributed by atoms with van der Waals surface area (Å²) in [6, 6.07) is 14.6. The van der Waals surface area contributed by atoms with E-state index in [0.29, 0.717) is 24.6 Å². The molecular weight excluding hydrogens is 456 g/mol. The van der Waals surface area contributed by atoms with Crippen LogP contribution in [0.15, 0.2) is 60.0 Å². The summed E-state index contributed by atoms with van der Waals surface area (Å²) in [6.45, 7) is 2.36. The van der Waals surface area contributed by atoms with Crippen molar-refractivity contribution in [2.75, 3.05) is 25.2 Å². The molecule has 1 aromatic heterocycles. The van der Waals surface area contributed by atoms with Crippen molar-refractivity contribution in [2.45, 2.75) is 13.5 Å². The molecular formula is C25H22N2O6S. The molecule has 0 unspecified atom stereocenters. The molecule has 0 bridgehead atoms. The smallest absolute Gasteiger partial charge is 0.338 e. The van der Waals surface area contributed by atoms with Crippen LogP contribution in [0.4, 0.5) is 5.69 Å². The molecule has 8 nitrogen and oxygen atoms in total. The molecule has 2 heterocycles. The van der Waals surface area contributed by atoms with Crippen LogP contribution in [-0.2, 0) is 16.1 Å². The number of esters is 1. The lowest BCUT2D eigenvalue weighted by Crippen LogP contribution is -2.30. The Kier molecular flexibility index (Phi) is 6.74. The molecule has 0 fully saturated rings. The second kappa shape index (κ2) is 9.88. The fraction of sp³-hybridized carbons (Fsp3) is 0.200. The van der Waals surface area contributed by atoms with Gasteiger partial charge in [0.1, 0.15) is 5.75 Å². The topological polar surface area (TPSA) is 93.2 Å². The van der Waals surface area contributed by atoms with Crippen LogP contribution in [0.2, 0.25) is 0 Å². The fourth-order valence-electron chi connectivity index (χ4n) is 3.51. The van der Waals surface area contributed by atoms with Crippen molar-refractivity contribution < 1.29 is 28.7 Å². The number of hydrogen-bond donors (Lipinski definition) is 0. The van der Waals surface area contributed by atoms with Crippen LogP contribution < -0.4 is 9.64 Å². The van der Waals surface area contributed by atoms with Gasteiger partial charge in [0.15, 0.2) is 6.61 Å². The summed E-state index contributed by atoms with van der Waals surface area (Å²) in [6.07, 6.45) is 0.